The molecule has 1 unspecified atom stereocenters. The second kappa shape index (κ2) is 4.96. The van der Waals surface area contributed by atoms with Crippen LogP contribution in [0.25, 0.3) is 0 Å². The van der Waals surface area contributed by atoms with Crippen molar-refractivity contribution in [2.45, 2.75) is 33.2 Å². The molecule has 1 aromatic rings. The monoisotopic (exact) mass is 194 g/mol. The summed E-state index contributed by atoms with van der Waals surface area (Å²) in [5, 5.41) is 12.0. The molecule has 1 rings (SSSR count). The first-order chi connectivity index (χ1) is 6.63. The molecule has 1 heterocycles. The van der Waals surface area contributed by atoms with Crippen molar-refractivity contribution >= 4 is 5.82 Å². The van der Waals surface area contributed by atoms with E-state index < -0.39 is 0 Å². The Labute approximate surface area is 85.2 Å². The van der Waals surface area contributed by atoms with Crippen LogP contribution in [0, 0.1) is 13.8 Å². The second-order valence-electron chi connectivity index (χ2n) is 3.74. The van der Waals surface area contributed by atoms with Gasteiger partial charge in [0, 0.05) is 18.8 Å². The zero-order chi connectivity index (χ0) is 10.6. The molecule has 78 valence electrons. The number of nitrogens with one attached hydrogen (secondary N) is 1. The van der Waals surface area contributed by atoms with Crippen LogP contribution >= 0.6 is 0 Å². The Kier molecular flexibility index (Phi) is 3.89. The molecule has 14 heavy (non-hydrogen) atoms. The first kappa shape index (κ1) is 11.0. The molecule has 2 N–H and O–H groups in total. The fourth-order valence-electron chi connectivity index (χ4n) is 1.37. The topological polar surface area (TPSA) is 45.2 Å². The summed E-state index contributed by atoms with van der Waals surface area (Å²) >= 11 is 0. The predicted molar refractivity (Wildman–Crippen MR) is 58.5 cm³/mol. The fourth-order valence-corrected chi connectivity index (χ4v) is 1.37. The van der Waals surface area contributed by atoms with E-state index >= 15 is 0 Å². The molecule has 0 bridgehead atoms. The van der Waals surface area contributed by atoms with Gasteiger partial charge in [-0.25, -0.2) is 4.98 Å². The van der Waals surface area contributed by atoms with Crippen molar-refractivity contribution in [3.63, 3.8) is 0 Å². The van der Waals surface area contributed by atoms with E-state index in [2.05, 4.69) is 16.4 Å². The lowest BCUT2D eigenvalue weighted by atomic mass is 10.2. The highest BCUT2D eigenvalue weighted by Gasteiger charge is 2.04. The lowest BCUT2D eigenvalue weighted by Gasteiger charge is -2.15. The van der Waals surface area contributed by atoms with Gasteiger partial charge in [-0.15, -0.1) is 0 Å². The summed E-state index contributed by atoms with van der Waals surface area (Å²) in [4.78, 5) is 4.31. The zero-order valence-corrected chi connectivity index (χ0v) is 9.04. The molecular weight excluding hydrogens is 176 g/mol. The smallest absolute Gasteiger partial charge is 0.129 e. The molecule has 0 saturated heterocycles. The standard InChI is InChI=1S/C11H18N2O/c1-8-6-9(2)11(12-7-8)13-10(3)4-5-14/h6-7,10,14H,4-5H2,1-3H3,(H,12,13). The SMILES string of the molecule is Cc1cnc(NC(C)CCO)c(C)c1. The van der Waals surface area contributed by atoms with Crippen LogP contribution in [-0.4, -0.2) is 22.7 Å². The summed E-state index contributed by atoms with van der Waals surface area (Å²) < 4.78 is 0. The molecule has 1 aromatic heterocycles. The molecule has 1 atom stereocenters. The summed E-state index contributed by atoms with van der Waals surface area (Å²) in [6.45, 7) is 6.31. The van der Waals surface area contributed by atoms with Crippen molar-refractivity contribution in [2.75, 3.05) is 11.9 Å². The summed E-state index contributed by atoms with van der Waals surface area (Å²) in [7, 11) is 0. The molecule has 0 spiro atoms. The largest absolute Gasteiger partial charge is 0.396 e. The third-order valence-corrected chi connectivity index (χ3v) is 2.16. The van der Waals surface area contributed by atoms with Gasteiger partial charge in [0.15, 0.2) is 0 Å². The van der Waals surface area contributed by atoms with Crippen LogP contribution in [0.4, 0.5) is 5.82 Å². The van der Waals surface area contributed by atoms with Crippen LogP contribution in [0.15, 0.2) is 12.3 Å². The maximum Gasteiger partial charge on any atom is 0.129 e. The van der Waals surface area contributed by atoms with Gasteiger partial charge in [-0.2, -0.15) is 0 Å². The van der Waals surface area contributed by atoms with E-state index in [4.69, 9.17) is 5.11 Å². The maximum absolute atomic E-state index is 8.77. The van der Waals surface area contributed by atoms with E-state index in [-0.39, 0.29) is 12.6 Å². The molecule has 0 saturated carbocycles. The number of aryl methyl sites for hydroxylation is 2. The Morgan fingerprint density at radius 3 is 2.79 bits per heavy atom. The van der Waals surface area contributed by atoms with E-state index in [1.165, 1.54) is 5.56 Å². The van der Waals surface area contributed by atoms with E-state index in [1.54, 1.807) is 0 Å². The van der Waals surface area contributed by atoms with Gasteiger partial charge in [-0.05, 0) is 38.3 Å². The average molecular weight is 194 g/mol. The third kappa shape index (κ3) is 3.00. The fraction of sp³-hybridized carbons (Fsp3) is 0.545. The number of hydrogen-bond donors (Lipinski definition) is 2. The van der Waals surface area contributed by atoms with E-state index in [1.807, 2.05) is 27.0 Å². The first-order valence-corrected chi connectivity index (χ1v) is 4.94. The number of nitrogens with zero attached hydrogens (tertiary/aromatic N) is 1. The lowest BCUT2D eigenvalue weighted by molar-refractivity contribution is 0.282. The second-order valence-corrected chi connectivity index (χ2v) is 3.74. The molecule has 0 radical (unpaired) electrons. The molecule has 0 aliphatic rings. The Balaban J connectivity index is 2.67. The van der Waals surface area contributed by atoms with Gasteiger partial charge in [0.25, 0.3) is 0 Å². The molecular formula is C11H18N2O. The average Bonchev–Trinajstić information content (AvgIpc) is 2.10. The van der Waals surface area contributed by atoms with E-state index in [0.29, 0.717) is 0 Å². The highest BCUT2D eigenvalue weighted by molar-refractivity contribution is 5.44. The number of aromatic nitrogens is 1. The summed E-state index contributed by atoms with van der Waals surface area (Å²) in [6.07, 6.45) is 2.59. The normalized spacial score (nSPS) is 12.6. The van der Waals surface area contributed by atoms with Crippen LogP contribution in [0.1, 0.15) is 24.5 Å². The Morgan fingerprint density at radius 1 is 1.50 bits per heavy atom. The quantitative estimate of drug-likeness (QED) is 0.769. The highest BCUT2D eigenvalue weighted by Crippen LogP contribution is 2.13. The number of anilines is 1. The minimum Gasteiger partial charge on any atom is -0.396 e. The van der Waals surface area contributed by atoms with Gasteiger partial charge >= 0.3 is 0 Å². The van der Waals surface area contributed by atoms with Crippen LogP contribution in [0.2, 0.25) is 0 Å². The Hall–Kier alpha value is -1.09. The minimum atomic E-state index is 0.207. The summed E-state index contributed by atoms with van der Waals surface area (Å²) in [5.74, 6) is 0.913. The molecule has 0 aliphatic heterocycles. The molecule has 0 fully saturated rings. The van der Waals surface area contributed by atoms with Gasteiger partial charge in [-0.3, -0.25) is 0 Å². The van der Waals surface area contributed by atoms with Gasteiger partial charge in [0.05, 0.1) is 0 Å². The number of aliphatic hydroxyl groups excluding tert-OH is 1. The maximum atomic E-state index is 8.77. The molecule has 0 aliphatic carbocycles. The first-order valence-electron chi connectivity index (χ1n) is 4.94. The van der Waals surface area contributed by atoms with Crippen LogP contribution < -0.4 is 5.32 Å². The van der Waals surface area contributed by atoms with Crippen molar-refractivity contribution in [3.8, 4) is 0 Å². The third-order valence-electron chi connectivity index (χ3n) is 2.16. The number of pyridine rings is 1. The van der Waals surface area contributed by atoms with Crippen molar-refractivity contribution in [1.82, 2.24) is 4.98 Å². The van der Waals surface area contributed by atoms with Gasteiger partial charge in [0.1, 0.15) is 5.82 Å². The van der Waals surface area contributed by atoms with Gasteiger partial charge in [0.2, 0.25) is 0 Å². The zero-order valence-electron chi connectivity index (χ0n) is 9.04. The minimum absolute atomic E-state index is 0.207. The van der Waals surface area contributed by atoms with Gasteiger partial charge in [-0.1, -0.05) is 6.07 Å². The van der Waals surface area contributed by atoms with Crippen molar-refractivity contribution in [2.24, 2.45) is 0 Å². The van der Waals surface area contributed by atoms with Crippen molar-refractivity contribution < 1.29 is 5.11 Å². The molecule has 3 nitrogen and oxygen atoms in total. The van der Waals surface area contributed by atoms with E-state index in [9.17, 15) is 0 Å². The predicted octanol–water partition coefficient (Wildman–Crippen LogP) is 1.88. The van der Waals surface area contributed by atoms with Crippen molar-refractivity contribution in [1.29, 1.82) is 0 Å². The van der Waals surface area contributed by atoms with E-state index in [0.717, 1.165) is 17.8 Å². The Bertz CT molecular complexity index is 299. The Morgan fingerprint density at radius 2 is 2.21 bits per heavy atom. The molecule has 0 aromatic carbocycles. The lowest BCUT2D eigenvalue weighted by Crippen LogP contribution is -2.18. The van der Waals surface area contributed by atoms with Crippen LogP contribution in [0.5, 0.6) is 0 Å². The van der Waals surface area contributed by atoms with Crippen molar-refractivity contribution in [3.05, 3.63) is 23.4 Å². The molecule has 0 amide bonds. The van der Waals surface area contributed by atoms with Crippen LogP contribution in [-0.2, 0) is 0 Å². The summed E-state index contributed by atoms with van der Waals surface area (Å²) in [5.41, 5.74) is 2.32. The molecule has 3 heteroatoms. The highest BCUT2D eigenvalue weighted by atomic mass is 16.3. The number of aliphatic hydroxyl groups is 1. The van der Waals surface area contributed by atoms with Gasteiger partial charge < -0.3 is 10.4 Å². The summed E-state index contributed by atoms with van der Waals surface area (Å²) in [6, 6.07) is 2.36. The number of rotatable bonds is 4. The van der Waals surface area contributed by atoms with Crippen LogP contribution in [0.3, 0.4) is 0 Å². The number of hydrogen-bond acceptors (Lipinski definition) is 3.